The lowest BCUT2D eigenvalue weighted by Crippen LogP contribution is -2.38. The van der Waals surface area contributed by atoms with Gasteiger partial charge in [-0.05, 0) is 41.8 Å². The number of ether oxygens (including phenoxy) is 1. The number of carbonyl (C=O) groups excluding carboxylic acids is 1. The van der Waals surface area contributed by atoms with E-state index in [4.69, 9.17) is 16.3 Å². The van der Waals surface area contributed by atoms with E-state index in [9.17, 15) is 9.90 Å². The van der Waals surface area contributed by atoms with E-state index in [-0.39, 0.29) is 19.1 Å². The van der Waals surface area contributed by atoms with E-state index in [2.05, 4.69) is 36.7 Å². The molecule has 39 heavy (non-hydrogen) atoms. The molecule has 5 rings (SSSR count). The maximum absolute atomic E-state index is 12.9. The predicted molar refractivity (Wildman–Crippen MR) is 149 cm³/mol. The number of benzene rings is 2. The van der Waals surface area contributed by atoms with Crippen molar-refractivity contribution >= 4 is 29.1 Å². The van der Waals surface area contributed by atoms with Crippen LogP contribution < -0.4 is 15.4 Å². The summed E-state index contributed by atoms with van der Waals surface area (Å²) in [6.45, 7) is 3.22. The fourth-order valence-corrected chi connectivity index (χ4v) is 4.83. The second-order valence-electron chi connectivity index (χ2n) is 9.49. The summed E-state index contributed by atoms with van der Waals surface area (Å²) in [7, 11) is 3.46. The van der Waals surface area contributed by atoms with E-state index >= 15 is 0 Å². The van der Waals surface area contributed by atoms with Gasteiger partial charge in [0.2, 0.25) is 11.9 Å². The molecule has 0 saturated heterocycles. The Morgan fingerprint density at radius 1 is 1.18 bits per heavy atom. The number of hydrogen-bond donors (Lipinski definition) is 3. The van der Waals surface area contributed by atoms with E-state index < -0.39 is 6.04 Å². The zero-order valence-electron chi connectivity index (χ0n) is 22.0. The molecule has 0 aliphatic carbocycles. The first kappa shape index (κ1) is 26.6. The van der Waals surface area contributed by atoms with Crippen LogP contribution in [-0.4, -0.2) is 55.9 Å². The first-order chi connectivity index (χ1) is 18.8. The Morgan fingerprint density at radius 3 is 2.74 bits per heavy atom. The van der Waals surface area contributed by atoms with Crippen LogP contribution in [0.5, 0.6) is 5.75 Å². The highest BCUT2D eigenvalue weighted by Crippen LogP contribution is 2.32. The summed E-state index contributed by atoms with van der Waals surface area (Å²) in [6.07, 6.45) is 3.31. The number of aliphatic hydroxyl groups excluding tert-OH is 1. The molecule has 1 aliphatic rings. The Kier molecular flexibility index (Phi) is 7.78. The zero-order valence-corrected chi connectivity index (χ0v) is 22.7. The summed E-state index contributed by atoms with van der Waals surface area (Å²) >= 11 is 6.49. The molecule has 202 valence electrons. The third kappa shape index (κ3) is 5.88. The van der Waals surface area contributed by atoms with Gasteiger partial charge in [0.25, 0.3) is 0 Å². The molecule has 10 nitrogen and oxygen atoms in total. The van der Waals surface area contributed by atoms with Gasteiger partial charge < -0.3 is 20.5 Å². The summed E-state index contributed by atoms with van der Waals surface area (Å²) in [6, 6.07) is 12.9. The molecule has 1 aliphatic heterocycles. The monoisotopic (exact) mass is 547 g/mol. The first-order valence-corrected chi connectivity index (χ1v) is 12.9. The van der Waals surface area contributed by atoms with E-state index in [1.807, 2.05) is 50.4 Å². The Hall–Kier alpha value is -3.99. The minimum absolute atomic E-state index is 0.162. The molecule has 4 aromatic rings. The quantitative estimate of drug-likeness (QED) is 0.290. The smallest absolute Gasteiger partial charge is 0.234 e. The largest absolute Gasteiger partial charge is 0.497 e. The molecule has 3 N–H and O–H groups in total. The van der Waals surface area contributed by atoms with Gasteiger partial charge >= 0.3 is 0 Å². The van der Waals surface area contributed by atoms with Crippen molar-refractivity contribution in [3.8, 4) is 17.0 Å². The molecular formula is C28H30ClN7O3. The van der Waals surface area contributed by atoms with Crippen LogP contribution in [0.3, 0.4) is 0 Å². The lowest BCUT2D eigenvalue weighted by molar-refractivity contribution is -0.123. The summed E-state index contributed by atoms with van der Waals surface area (Å²) in [5.41, 5.74) is 6.32. The number of nitrogens with zero attached hydrogens (tertiary/aromatic N) is 5. The second kappa shape index (κ2) is 11.4. The summed E-state index contributed by atoms with van der Waals surface area (Å²) in [5.74, 6) is 0.939. The van der Waals surface area contributed by atoms with Crippen LogP contribution in [0.2, 0.25) is 5.02 Å². The number of amides is 1. The SMILES string of the molecule is COc1cccc([C@@H](CO)NC(=O)CN2Cc3ccc(-c4nc(Nc5cnn(C)c5C)ncc4Cl)cc3C2)c1. The van der Waals surface area contributed by atoms with E-state index in [1.54, 1.807) is 24.2 Å². The Balaban J connectivity index is 1.26. The van der Waals surface area contributed by atoms with Gasteiger partial charge in [0.15, 0.2) is 0 Å². The highest BCUT2D eigenvalue weighted by atomic mass is 35.5. The van der Waals surface area contributed by atoms with E-state index in [1.165, 1.54) is 0 Å². The number of halogens is 1. The van der Waals surface area contributed by atoms with E-state index in [0.29, 0.717) is 35.5 Å². The third-order valence-electron chi connectivity index (χ3n) is 6.87. The minimum Gasteiger partial charge on any atom is -0.497 e. The highest BCUT2D eigenvalue weighted by molar-refractivity contribution is 6.32. The Morgan fingerprint density at radius 2 is 2.00 bits per heavy atom. The normalized spacial score (nSPS) is 13.7. The van der Waals surface area contributed by atoms with Crippen molar-refractivity contribution in [1.29, 1.82) is 0 Å². The molecule has 0 saturated carbocycles. The number of hydrogen-bond acceptors (Lipinski definition) is 8. The van der Waals surface area contributed by atoms with Crippen molar-refractivity contribution in [1.82, 2.24) is 30.0 Å². The van der Waals surface area contributed by atoms with Crippen LogP contribution in [0.15, 0.2) is 54.9 Å². The number of aromatic nitrogens is 4. The van der Waals surface area contributed by atoms with Gasteiger partial charge in [-0.3, -0.25) is 14.4 Å². The lowest BCUT2D eigenvalue weighted by atomic mass is 10.0. The van der Waals surface area contributed by atoms with Crippen LogP contribution in [0.1, 0.15) is 28.4 Å². The zero-order chi connectivity index (χ0) is 27.5. The number of methoxy groups -OCH3 is 1. The second-order valence-corrected chi connectivity index (χ2v) is 9.90. The molecule has 2 aromatic heterocycles. The number of anilines is 2. The van der Waals surface area contributed by atoms with Gasteiger partial charge in [0.05, 0.1) is 60.8 Å². The number of nitrogens with one attached hydrogen (secondary N) is 2. The molecule has 11 heteroatoms. The Labute approximate surface area is 231 Å². The Bertz CT molecular complexity index is 1510. The van der Waals surface area contributed by atoms with Crippen LogP contribution in [0, 0.1) is 6.92 Å². The topological polar surface area (TPSA) is 117 Å². The molecule has 0 spiro atoms. The van der Waals surface area contributed by atoms with Gasteiger partial charge in [-0.2, -0.15) is 5.10 Å². The van der Waals surface area contributed by atoms with Crippen molar-refractivity contribution in [2.45, 2.75) is 26.1 Å². The van der Waals surface area contributed by atoms with Gasteiger partial charge in [-0.15, -0.1) is 0 Å². The van der Waals surface area contributed by atoms with Crippen molar-refractivity contribution in [2.75, 3.05) is 25.6 Å². The summed E-state index contributed by atoms with van der Waals surface area (Å²) in [5, 5.41) is 20.7. The van der Waals surface area contributed by atoms with Gasteiger partial charge in [-0.25, -0.2) is 9.97 Å². The summed E-state index contributed by atoms with van der Waals surface area (Å²) in [4.78, 5) is 23.9. The van der Waals surface area contributed by atoms with Crippen LogP contribution in [0.4, 0.5) is 11.6 Å². The molecule has 1 atom stereocenters. The third-order valence-corrected chi connectivity index (χ3v) is 7.15. The van der Waals surface area contributed by atoms with Crippen LogP contribution in [-0.2, 0) is 24.9 Å². The number of aliphatic hydroxyl groups is 1. The molecule has 1 amide bonds. The van der Waals surface area contributed by atoms with Gasteiger partial charge in [0, 0.05) is 25.7 Å². The maximum Gasteiger partial charge on any atom is 0.234 e. The van der Waals surface area contributed by atoms with Crippen molar-refractivity contribution < 1.29 is 14.6 Å². The molecule has 2 aromatic carbocycles. The standard InChI is InChI=1S/C28H30ClN7O3/c1-17-24(12-31-35(17)2)33-28-30-11-23(29)27(34-28)19-7-8-20-13-36(14-21(20)9-19)15-26(38)32-25(16-37)18-5-4-6-22(10-18)39-3/h4-12,25,37H,13-16H2,1-3H3,(H,32,38)(H,30,33,34)/t25-/m1/s1. The molecule has 0 unspecified atom stereocenters. The van der Waals surface area contributed by atoms with Crippen LogP contribution in [0.25, 0.3) is 11.3 Å². The highest BCUT2D eigenvalue weighted by Gasteiger charge is 2.24. The average Bonchev–Trinajstić information content (AvgIpc) is 3.49. The molecule has 0 bridgehead atoms. The fourth-order valence-electron chi connectivity index (χ4n) is 4.63. The molecular weight excluding hydrogens is 518 g/mol. The maximum atomic E-state index is 12.9. The van der Waals surface area contributed by atoms with E-state index in [0.717, 1.165) is 33.6 Å². The minimum atomic E-state index is -0.512. The molecule has 0 fully saturated rings. The van der Waals surface area contributed by atoms with Crippen molar-refractivity contribution in [3.63, 3.8) is 0 Å². The summed E-state index contributed by atoms with van der Waals surface area (Å²) < 4.78 is 7.03. The average molecular weight is 548 g/mol. The molecule has 0 radical (unpaired) electrons. The predicted octanol–water partition coefficient (Wildman–Crippen LogP) is 3.76. The van der Waals surface area contributed by atoms with Crippen LogP contribution >= 0.6 is 11.6 Å². The first-order valence-electron chi connectivity index (χ1n) is 12.5. The fraction of sp³-hybridized carbons (Fsp3) is 0.286. The number of rotatable bonds is 9. The lowest BCUT2D eigenvalue weighted by Gasteiger charge is -2.20. The molecule has 3 heterocycles. The van der Waals surface area contributed by atoms with Gasteiger partial charge in [-0.1, -0.05) is 35.9 Å². The number of carbonyl (C=O) groups is 1. The van der Waals surface area contributed by atoms with Gasteiger partial charge in [0.1, 0.15) is 5.75 Å². The van der Waals surface area contributed by atoms with Crippen molar-refractivity contribution in [3.05, 3.63) is 82.3 Å². The van der Waals surface area contributed by atoms with Crippen molar-refractivity contribution in [2.24, 2.45) is 7.05 Å². The number of aryl methyl sites for hydroxylation is 1. The number of fused-ring (bicyclic) bond motifs is 1.